The predicted octanol–water partition coefficient (Wildman–Crippen LogP) is 2.59. The molecule has 0 bridgehead atoms. The minimum absolute atomic E-state index is 0. The minimum Gasteiger partial charge on any atom is -0.489 e. The van der Waals surface area contributed by atoms with Crippen LogP contribution in [-0.2, 0) is 4.79 Å². The molecule has 0 aliphatic carbocycles. The number of guanidine groups is 1. The van der Waals surface area contributed by atoms with Crippen LogP contribution in [0.4, 0.5) is 0 Å². The van der Waals surface area contributed by atoms with E-state index in [2.05, 4.69) is 42.0 Å². The van der Waals surface area contributed by atoms with E-state index in [0.29, 0.717) is 13.1 Å². The van der Waals surface area contributed by atoms with Gasteiger partial charge in [-0.05, 0) is 51.3 Å². The van der Waals surface area contributed by atoms with Gasteiger partial charge in [-0.15, -0.1) is 24.0 Å². The van der Waals surface area contributed by atoms with Crippen LogP contribution in [0.1, 0.15) is 32.3 Å². The van der Waals surface area contributed by atoms with Crippen LogP contribution >= 0.6 is 24.0 Å². The minimum atomic E-state index is -0.000159. The molecule has 1 N–H and O–H groups in total. The average molecular weight is 543 g/mol. The molecule has 7 nitrogen and oxygen atoms in total. The quantitative estimate of drug-likeness (QED) is 0.326. The van der Waals surface area contributed by atoms with E-state index in [4.69, 9.17) is 9.73 Å². The molecule has 2 aliphatic heterocycles. The molecule has 8 heteroatoms. The van der Waals surface area contributed by atoms with Crippen molar-refractivity contribution in [3.05, 3.63) is 29.8 Å². The first-order valence-electron chi connectivity index (χ1n) is 11.3. The maximum atomic E-state index is 12.4. The summed E-state index contributed by atoms with van der Waals surface area (Å²) in [6.45, 7) is 13.6. The van der Waals surface area contributed by atoms with Crippen LogP contribution < -0.4 is 10.1 Å². The Hall–Kier alpha value is -1.55. The number of ether oxygens (including phenoxy) is 1. The number of aryl methyl sites for hydroxylation is 1. The van der Waals surface area contributed by atoms with Gasteiger partial charge in [0.25, 0.3) is 0 Å². The summed E-state index contributed by atoms with van der Waals surface area (Å²) in [5, 5.41) is 3.41. The van der Waals surface area contributed by atoms with Crippen LogP contribution in [0.5, 0.6) is 5.75 Å². The molecule has 2 fully saturated rings. The van der Waals surface area contributed by atoms with E-state index < -0.39 is 0 Å². The van der Waals surface area contributed by atoms with Crippen molar-refractivity contribution in [1.29, 1.82) is 0 Å². The number of likely N-dealkylation sites (tertiary alicyclic amines) is 1. The molecule has 1 amide bonds. The number of piperazine rings is 1. The van der Waals surface area contributed by atoms with Crippen LogP contribution in [0, 0.1) is 6.92 Å². The van der Waals surface area contributed by atoms with Crippen molar-refractivity contribution in [2.75, 3.05) is 58.9 Å². The van der Waals surface area contributed by atoms with Crippen LogP contribution in [-0.4, -0.2) is 91.6 Å². The molecule has 0 aromatic heterocycles. The zero-order valence-electron chi connectivity index (χ0n) is 19.2. The summed E-state index contributed by atoms with van der Waals surface area (Å²) < 4.78 is 6.02. The third kappa shape index (κ3) is 8.14. The van der Waals surface area contributed by atoms with Crippen molar-refractivity contribution in [2.45, 2.75) is 39.7 Å². The van der Waals surface area contributed by atoms with E-state index in [1.165, 1.54) is 5.56 Å². The Morgan fingerprint density at radius 3 is 2.48 bits per heavy atom. The number of aliphatic imine (C=N–C) groups is 1. The molecule has 2 heterocycles. The standard InChI is InChI=1S/C23H37N5O2.HI/c1-4-24-23(25-17-20(3)30-21-9-7-8-19(2)16-21)28-14-12-26(13-15-28)18-22(29)27-10-5-6-11-27;/h7-9,16,20H,4-6,10-15,17-18H2,1-3H3,(H,24,25);1H. The SMILES string of the molecule is CCNC(=NCC(C)Oc1cccc(C)c1)N1CCN(CC(=O)N2CCCC2)CC1.I. The van der Waals surface area contributed by atoms with Gasteiger partial charge in [0, 0.05) is 45.8 Å². The third-order valence-electron chi connectivity index (χ3n) is 5.65. The molecule has 0 saturated carbocycles. The zero-order valence-corrected chi connectivity index (χ0v) is 21.5. The summed E-state index contributed by atoms with van der Waals surface area (Å²) in [6.07, 6.45) is 2.29. The molecule has 1 aromatic carbocycles. The van der Waals surface area contributed by atoms with Gasteiger partial charge in [-0.3, -0.25) is 9.69 Å². The van der Waals surface area contributed by atoms with E-state index in [9.17, 15) is 4.79 Å². The molecule has 2 aliphatic rings. The van der Waals surface area contributed by atoms with Gasteiger partial charge in [-0.2, -0.15) is 0 Å². The number of nitrogens with zero attached hydrogens (tertiary/aromatic N) is 4. The van der Waals surface area contributed by atoms with Crippen LogP contribution in [0.3, 0.4) is 0 Å². The third-order valence-corrected chi connectivity index (χ3v) is 5.65. The van der Waals surface area contributed by atoms with Crippen molar-refractivity contribution in [1.82, 2.24) is 20.0 Å². The zero-order chi connectivity index (χ0) is 21.3. The van der Waals surface area contributed by atoms with Gasteiger partial charge in [0.1, 0.15) is 11.9 Å². The lowest BCUT2D eigenvalue weighted by Gasteiger charge is -2.36. The Bertz CT molecular complexity index is 716. The highest BCUT2D eigenvalue weighted by Gasteiger charge is 2.24. The Morgan fingerprint density at radius 2 is 1.84 bits per heavy atom. The van der Waals surface area contributed by atoms with Crippen molar-refractivity contribution >= 4 is 35.8 Å². The second-order valence-corrected chi connectivity index (χ2v) is 8.29. The molecule has 0 spiro atoms. The lowest BCUT2D eigenvalue weighted by molar-refractivity contribution is -0.131. The Balaban J connectivity index is 0.00000341. The van der Waals surface area contributed by atoms with Gasteiger partial charge in [-0.25, -0.2) is 4.99 Å². The molecule has 1 atom stereocenters. The van der Waals surface area contributed by atoms with Gasteiger partial charge in [0.05, 0.1) is 13.1 Å². The maximum Gasteiger partial charge on any atom is 0.236 e. The Morgan fingerprint density at radius 1 is 1.13 bits per heavy atom. The molecule has 1 unspecified atom stereocenters. The number of carbonyl (C=O) groups is 1. The number of hydrogen-bond acceptors (Lipinski definition) is 4. The fourth-order valence-corrected chi connectivity index (χ4v) is 3.97. The van der Waals surface area contributed by atoms with Gasteiger partial charge in [-0.1, -0.05) is 12.1 Å². The van der Waals surface area contributed by atoms with Crippen LogP contribution in [0.25, 0.3) is 0 Å². The number of benzene rings is 1. The second kappa shape index (κ2) is 13.1. The van der Waals surface area contributed by atoms with Crippen LogP contribution in [0.15, 0.2) is 29.3 Å². The molecule has 0 radical (unpaired) electrons. The highest BCUT2D eigenvalue weighted by molar-refractivity contribution is 14.0. The van der Waals surface area contributed by atoms with Crippen molar-refractivity contribution in [3.8, 4) is 5.75 Å². The van der Waals surface area contributed by atoms with Crippen molar-refractivity contribution < 1.29 is 9.53 Å². The molecule has 2 saturated heterocycles. The second-order valence-electron chi connectivity index (χ2n) is 8.29. The lowest BCUT2D eigenvalue weighted by atomic mass is 10.2. The van der Waals surface area contributed by atoms with E-state index in [1.807, 2.05) is 23.1 Å². The van der Waals surface area contributed by atoms with Crippen LogP contribution in [0.2, 0.25) is 0 Å². The average Bonchev–Trinajstić information content (AvgIpc) is 3.27. The summed E-state index contributed by atoms with van der Waals surface area (Å²) in [6, 6.07) is 8.12. The number of nitrogens with one attached hydrogen (secondary N) is 1. The number of hydrogen-bond donors (Lipinski definition) is 1. The van der Waals surface area contributed by atoms with E-state index >= 15 is 0 Å². The van der Waals surface area contributed by atoms with E-state index in [1.54, 1.807) is 0 Å². The highest BCUT2D eigenvalue weighted by atomic mass is 127. The summed E-state index contributed by atoms with van der Waals surface area (Å²) >= 11 is 0. The lowest BCUT2D eigenvalue weighted by Crippen LogP contribution is -2.54. The smallest absolute Gasteiger partial charge is 0.236 e. The fraction of sp³-hybridized carbons (Fsp3) is 0.652. The van der Waals surface area contributed by atoms with Gasteiger partial charge in [0.2, 0.25) is 5.91 Å². The number of carbonyl (C=O) groups excluding carboxylic acids is 1. The van der Waals surface area contributed by atoms with Crippen molar-refractivity contribution in [3.63, 3.8) is 0 Å². The first-order chi connectivity index (χ1) is 14.5. The molecule has 31 heavy (non-hydrogen) atoms. The maximum absolute atomic E-state index is 12.4. The largest absolute Gasteiger partial charge is 0.489 e. The fourth-order valence-electron chi connectivity index (χ4n) is 3.97. The predicted molar refractivity (Wildman–Crippen MR) is 136 cm³/mol. The summed E-state index contributed by atoms with van der Waals surface area (Å²) in [5.74, 6) is 2.10. The van der Waals surface area contributed by atoms with E-state index in [0.717, 1.165) is 70.4 Å². The van der Waals surface area contributed by atoms with Gasteiger partial charge < -0.3 is 19.9 Å². The van der Waals surface area contributed by atoms with Gasteiger partial charge >= 0.3 is 0 Å². The number of amides is 1. The topological polar surface area (TPSA) is 60.4 Å². The van der Waals surface area contributed by atoms with E-state index in [-0.39, 0.29) is 36.0 Å². The number of rotatable bonds is 7. The molecular formula is C23H38IN5O2. The molecular weight excluding hydrogens is 505 g/mol. The van der Waals surface area contributed by atoms with Crippen molar-refractivity contribution in [2.24, 2.45) is 4.99 Å². The summed E-state index contributed by atoms with van der Waals surface area (Å²) in [4.78, 5) is 23.8. The monoisotopic (exact) mass is 543 g/mol. The summed E-state index contributed by atoms with van der Waals surface area (Å²) in [7, 11) is 0. The first kappa shape index (κ1) is 25.7. The highest BCUT2D eigenvalue weighted by Crippen LogP contribution is 2.14. The Labute approximate surface area is 204 Å². The number of halogens is 1. The summed E-state index contributed by atoms with van der Waals surface area (Å²) in [5.41, 5.74) is 1.19. The molecule has 3 rings (SSSR count). The molecule has 1 aromatic rings. The Kier molecular flexibility index (Phi) is 10.9. The normalized spacial score (nSPS) is 18.5. The molecule has 174 valence electrons. The van der Waals surface area contributed by atoms with Gasteiger partial charge in [0.15, 0.2) is 5.96 Å². The first-order valence-corrected chi connectivity index (χ1v) is 11.3.